The van der Waals surface area contributed by atoms with Crippen molar-refractivity contribution < 1.29 is 40.2 Å². The number of unbranched alkanes of at least 4 members (excludes halogenated alkanes) is 16. The van der Waals surface area contributed by atoms with Crippen molar-refractivity contribution in [2.75, 3.05) is 0 Å². The first kappa shape index (κ1) is 42.9. The Balaban J connectivity index is 0. The number of carboxylic acids is 2. The molecule has 0 saturated carbocycles. The fourth-order valence-electron chi connectivity index (χ4n) is 5.00. The maximum atomic E-state index is 10.4. The highest BCUT2D eigenvalue weighted by atomic mass is 16.4. The number of rotatable bonds is 30. The lowest BCUT2D eigenvalue weighted by Crippen LogP contribution is -2.25. The Hall–Kier alpha value is -1.22. The number of aliphatic carboxylic acids is 2. The quantitative estimate of drug-likeness (QED) is 0.0454. The highest BCUT2D eigenvalue weighted by Gasteiger charge is 2.16. The van der Waals surface area contributed by atoms with E-state index >= 15 is 0 Å². The van der Waals surface area contributed by atoms with Gasteiger partial charge in [0.1, 0.15) is 0 Å². The second kappa shape index (κ2) is 32.7. The van der Waals surface area contributed by atoms with Gasteiger partial charge < -0.3 is 30.6 Å². The first-order chi connectivity index (χ1) is 20.1. The van der Waals surface area contributed by atoms with Crippen LogP contribution < -0.4 is 0 Å². The molecule has 0 bridgehead atoms. The molecule has 0 amide bonds. The molecule has 0 aromatic heterocycles. The van der Waals surface area contributed by atoms with E-state index in [9.17, 15) is 30.0 Å². The third-order valence-electron chi connectivity index (χ3n) is 7.88. The first-order valence-electron chi connectivity index (χ1n) is 17.3. The smallest absolute Gasteiger partial charge is 0.303 e. The Morgan fingerprint density at radius 3 is 0.857 bits per heavy atom. The van der Waals surface area contributed by atoms with Crippen molar-refractivity contribution in [3.63, 3.8) is 0 Å². The molecule has 0 saturated heterocycles. The first-order valence-corrected chi connectivity index (χ1v) is 17.3. The largest absolute Gasteiger partial charge is 0.481 e. The van der Waals surface area contributed by atoms with Gasteiger partial charge in [0.15, 0.2) is 0 Å². The van der Waals surface area contributed by atoms with Crippen LogP contribution in [0.4, 0.5) is 0 Å². The van der Waals surface area contributed by atoms with E-state index in [-0.39, 0.29) is 12.8 Å². The maximum absolute atomic E-state index is 10.4. The van der Waals surface area contributed by atoms with Crippen molar-refractivity contribution in [1.82, 2.24) is 0 Å². The van der Waals surface area contributed by atoms with Crippen molar-refractivity contribution in [2.45, 2.75) is 205 Å². The molecule has 252 valence electrons. The van der Waals surface area contributed by atoms with Crippen LogP contribution in [-0.4, -0.2) is 67.0 Å². The molecule has 42 heavy (non-hydrogen) atoms. The van der Waals surface area contributed by atoms with Crippen molar-refractivity contribution in [3.05, 3.63) is 0 Å². The number of hydrogen-bond donors (Lipinski definition) is 6. The minimum absolute atomic E-state index is 0.249. The molecule has 0 spiro atoms. The van der Waals surface area contributed by atoms with Gasteiger partial charge in [0, 0.05) is 12.8 Å². The lowest BCUT2D eigenvalue weighted by atomic mass is 9.99. The second-order valence-electron chi connectivity index (χ2n) is 12.1. The van der Waals surface area contributed by atoms with Crippen molar-refractivity contribution in [3.8, 4) is 0 Å². The van der Waals surface area contributed by atoms with E-state index in [0.717, 1.165) is 89.9 Å². The maximum Gasteiger partial charge on any atom is 0.303 e. The summed E-state index contributed by atoms with van der Waals surface area (Å²) in [4.78, 5) is 20.7. The van der Waals surface area contributed by atoms with Crippen LogP contribution in [-0.2, 0) is 9.59 Å². The van der Waals surface area contributed by atoms with Crippen molar-refractivity contribution >= 4 is 11.9 Å². The highest BCUT2D eigenvalue weighted by molar-refractivity contribution is 5.66. The molecule has 0 fully saturated rings. The minimum atomic E-state index is -0.730. The average molecular weight is 605 g/mol. The lowest BCUT2D eigenvalue weighted by Gasteiger charge is -2.17. The highest BCUT2D eigenvalue weighted by Crippen LogP contribution is 2.16. The number of aliphatic hydroxyl groups excluding tert-OH is 4. The van der Waals surface area contributed by atoms with Crippen LogP contribution in [0.25, 0.3) is 0 Å². The summed E-state index contributed by atoms with van der Waals surface area (Å²) in [5, 5.41) is 56.5. The van der Waals surface area contributed by atoms with Gasteiger partial charge in [0.2, 0.25) is 0 Å². The van der Waals surface area contributed by atoms with Crippen LogP contribution in [0.2, 0.25) is 0 Å². The summed E-state index contributed by atoms with van der Waals surface area (Å²) in [5.74, 6) is -1.46. The predicted octanol–water partition coefficient (Wildman–Crippen LogP) is 7.77. The Bertz CT molecular complexity index is 586. The van der Waals surface area contributed by atoms with Gasteiger partial charge in [-0.3, -0.25) is 9.59 Å². The van der Waals surface area contributed by atoms with E-state index in [1.807, 2.05) is 0 Å². The normalized spacial score (nSPS) is 14.0. The average Bonchev–Trinajstić information content (AvgIpc) is 2.95. The molecule has 0 aliphatic heterocycles. The molecule has 8 heteroatoms. The van der Waals surface area contributed by atoms with Gasteiger partial charge in [-0.25, -0.2) is 0 Å². The molecule has 0 aliphatic carbocycles. The molecule has 8 nitrogen and oxygen atoms in total. The van der Waals surface area contributed by atoms with Crippen LogP contribution >= 0.6 is 0 Å². The summed E-state index contributed by atoms with van der Waals surface area (Å²) in [6, 6.07) is 0. The second-order valence-corrected chi connectivity index (χ2v) is 12.1. The minimum Gasteiger partial charge on any atom is -0.481 e. The van der Waals surface area contributed by atoms with Crippen LogP contribution in [0.3, 0.4) is 0 Å². The van der Waals surface area contributed by atoms with E-state index in [4.69, 9.17) is 10.2 Å². The molecule has 0 aromatic rings. The number of carbonyl (C=O) groups is 2. The van der Waals surface area contributed by atoms with E-state index < -0.39 is 36.4 Å². The van der Waals surface area contributed by atoms with Gasteiger partial charge in [-0.05, 0) is 38.5 Å². The Kier molecular flexibility index (Phi) is 33.4. The predicted molar refractivity (Wildman–Crippen MR) is 171 cm³/mol. The summed E-state index contributed by atoms with van der Waals surface area (Å²) >= 11 is 0. The standard InChI is InChI=1S/C18H36O4.C16H32O4/c1-2-3-4-5-7-10-13-16(19)17(20)14-11-8-6-9-12-15-18(21)22;1-2-3-4-8-11-14(17)15(18)12-9-6-5-7-10-13-16(19)20/h16-17,19-20H,2-15H2,1H3,(H,21,22);14-15,17-18H,2-13H2,1H3,(H,19,20). The van der Waals surface area contributed by atoms with E-state index in [1.165, 1.54) is 38.5 Å². The van der Waals surface area contributed by atoms with E-state index in [1.54, 1.807) is 0 Å². The van der Waals surface area contributed by atoms with Crippen LogP contribution in [0.1, 0.15) is 181 Å². The van der Waals surface area contributed by atoms with Crippen LogP contribution in [0.5, 0.6) is 0 Å². The van der Waals surface area contributed by atoms with Crippen molar-refractivity contribution in [2.24, 2.45) is 0 Å². The summed E-state index contributed by atoms with van der Waals surface area (Å²) in [5.41, 5.74) is 0. The van der Waals surface area contributed by atoms with Gasteiger partial charge in [-0.2, -0.15) is 0 Å². The molecule has 0 radical (unpaired) electrons. The molecule has 0 aromatic carbocycles. The summed E-state index contributed by atoms with van der Waals surface area (Å²) in [6.45, 7) is 4.36. The zero-order valence-corrected chi connectivity index (χ0v) is 27.2. The van der Waals surface area contributed by atoms with Gasteiger partial charge in [-0.15, -0.1) is 0 Å². The fourth-order valence-corrected chi connectivity index (χ4v) is 5.00. The van der Waals surface area contributed by atoms with Gasteiger partial charge in [0.05, 0.1) is 24.4 Å². The Morgan fingerprint density at radius 2 is 0.595 bits per heavy atom. The topological polar surface area (TPSA) is 156 Å². The Labute approximate surface area is 257 Å². The van der Waals surface area contributed by atoms with E-state index in [2.05, 4.69) is 13.8 Å². The molecule has 6 N–H and O–H groups in total. The fraction of sp³-hybridized carbons (Fsp3) is 0.941. The lowest BCUT2D eigenvalue weighted by molar-refractivity contribution is -0.138. The third-order valence-corrected chi connectivity index (χ3v) is 7.88. The summed E-state index contributed by atoms with van der Waals surface area (Å²) in [7, 11) is 0. The third kappa shape index (κ3) is 33.3. The number of aliphatic hydroxyl groups is 4. The summed E-state index contributed by atoms with van der Waals surface area (Å²) < 4.78 is 0. The molecule has 4 unspecified atom stereocenters. The molecular formula is C34H68O8. The number of hydrogen-bond acceptors (Lipinski definition) is 6. The van der Waals surface area contributed by atoms with Crippen LogP contribution in [0.15, 0.2) is 0 Å². The monoisotopic (exact) mass is 604 g/mol. The van der Waals surface area contributed by atoms with Crippen molar-refractivity contribution in [1.29, 1.82) is 0 Å². The van der Waals surface area contributed by atoms with Gasteiger partial charge in [-0.1, -0.05) is 129 Å². The Morgan fingerprint density at radius 1 is 0.381 bits per heavy atom. The van der Waals surface area contributed by atoms with Gasteiger partial charge in [0.25, 0.3) is 0 Å². The molecular weight excluding hydrogens is 536 g/mol. The summed E-state index contributed by atoms with van der Waals surface area (Å²) in [6.07, 6.45) is 21.6. The number of carboxylic acid groups (broad SMARTS) is 2. The molecule has 0 heterocycles. The molecule has 4 atom stereocenters. The van der Waals surface area contributed by atoms with Gasteiger partial charge >= 0.3 is 11.9 Å². The SMILES string of the molecule is CCCCCCC(O)C(O)CCCCCCCC(=O)O.CCCCCCCCC(O)C(O)CCCCCCCC(=O)O. The molecule has 0 rings (SSSR count). The zero-order valence-electron chi connectivity index (χ0n) is 27.2. The van der Waals surface area contributed by atoms with E-state index in [0.29, 0.717) is 25.7 Å². The van der Waals surface area contributed by atoms with Crippen LogP contribution in [0, 0.1) is 0 Å². The zero-order chi connectivity index (χ0) is 31.8. The molecule has 0 aliphatic rings.